The monoisotopic (exact) mass is 470 g/mol. The zero-order valence-electron chi connectivity index (χ0n) is 17.3. The molecule has 32 heavy (non-hydrogen) atoms. The second-order valence-corrected chi connectivity index (χ2v) is 9.84. The van der Waals surface area contributed by atoms with Crippen LogP contribution in [-0.2, 0) is 27.0 Å². The predicted molar refractivity (Wildman–Crippen MR) is 125 cm³/mol. The molecule has 6 nitrogen and oxygen atoms in total. The average molecular weight is 471 g/mol. The van der Waals surface area contributed by atoms with E-state index in [4.69, 9.17) is 16.3 Å². The first-order chi connectivity index (χ1) is 15.4. The molecule has 0 saturated carbocycles. The number of sulfonamides is 1. The Labute approximate surface area is 192 Å². The number of halogens is 1. The Kier molecular flexibility index (Phi) is 6.67. The molecule has 1 atom stereocenters. The molecule has 0 bridgehead atoms. The first-order valence-corrected chi connectivity index (χ1v) is 12.2. The molecule has 166 valence electrons. The van der Waals surface area contributed by atoms with Crippen LogP contribution >= 0.6 is 11.6 Å². The van der Waals surface area contributed by atoms with E-state index in [2.05, 4.69) is 5.32 Å². The number of nitrogens with zero attached hydrogens (tertiary/aromatic N) is 1. The predicted octanol–water partition coefficient (Wildman–Crippen LogP) is 3.80. The quantitative estimate of drug-likeness (QED) is 0.570. The number of benzene rings is 3. The summed E-state index contributed by atoms with van der Waals surface area (Å²) in [5.74, 6) is -0.144. The molecule has 3 aromatic carbocycles. The molecule has 0 radical (unpaired) electrons. The molecule has 0 aliphatic carbocycles. The molecule has 0 spiro atoms. The average Bonchev–Trinajstić information content (AvgIpc) is 2.80. The highest BCUT2D eigenvalue weighted by molar-refractivity contribution is 7.92. The van der Waals surface area contributed by atoms with Crippen LogP contribution in [0.15, 0.2) is 78.9 Å². The number of anilines is 1. The van der Waals surface area contributed by atoms with Crippen LogP contribution in [-0.4, -0.2) is 33.5 Å². The molecule has 0 aromatic heterocycles. The number of hydrogen-bond donors (Lipinski definition) is 1. The summed E-state index contributed by atoms with van der Waals surface area (Å²) in [6.07, 6.45) is -0.317. The molecule has 1 heterocycles. The minimum Gasteiger partial charge on any atom is -0.476 e. The van der Waals surface area contributed by atoms with Crippen LogP contribution in [0, 0.1) is 0 Å². The largest absolute Gasteiger partial charge is 0.476 e. The molecule has 8 heteroatoms. The van der Waals surface area contributed by atoms with Gasteiger partial charge in [-0.25, -0.2) is 8.42 Å². The molecular weight excluding hydrogens is 448 g/mol. The van der Waals surface area contributed by atoms with E-state index in [1.54, 1.807) is 60.7 Å². The van der Waals surface area contributed by atoms with Crippen LogP contribution in [0.5, 0.6) is 5.75 Å². The van der Waals surface area contributed by atoms with Gasteiger partial charge in [0.15, 0.2) is 6.10 Å². The normalized spacial score (nSPS) is 15.5. The molecule has 0 fully saturated rings. The van der Waals surface area contributed by atoms with Crippen LogP contribution in [0.25, 0.3) is 0 Å². The van der Waals surface area contributed by atoms with Gasteiger partial charge in [-0.15, -0.1) is 0 Å². The smallest absolute Gasteiger partial charge is 0.263 e. The van der Waals surface area contributed by atoms with Crippen molar-refractivity contribution in [1.82, 2.24) is 5.32 Å². The van der Waals surface area contributed by atoms with Crippen LogP contribution in [0.2, 0.25) is 5.02 Å². The first kappa shape index (κ1) is 22.2. The highest BCUT2D eigenvalue weighted by atomic mass is 35.5. The van der Waals surface area contributed by atoms with Gasteiger partial charge in [0.2, 0.25) is 10.0 Å². The molecule has 1 aliphatic heterocycles. The number of carbonyl (C=O) groups is 1. The summed E-state index contributed by atoms with van der Waals surface area (Å²) in [6.45, 7) is 0.317. The van der Waals surface area contributed by atoms with Gasteiger partial charge in [-0.2, -0.15) is 0 Å². The molecule has 0 saturated heterocycles. The molecule has 1 aliphatic rings. The lowest BCUT2D eigenvalue weighted by Gasteiger charge is -2.34. The lowest BCUT2D eigenvalue weighted by molar-refractivity contribution is -0.127. The number of ether oxygens (including phenoxy) is 1. The topological polar surface area (TPSA) is 75.7 Å². The van der Waals surface area contributed by atoms with E-state index in [-0.39, 0.29) is 18.2 Å². The van der Waals surface area contributed by atoms with Crippen molar-refractivity contribution >= 4 is 33.2 Å². The maximum absolute atomic E-state index is 13.2. The van der Waals surface area contributed by atoms with Crippen molar-refractivity contribution in [2.24, 2.45) is 0 Å². The van der Waals surface area contributed by atoms with Crippen molar-refractivity contribution in [3.8, 4) is 5.75 Å². The number of fused-ring (bicyclic) bond motifs is 1. The Morgan fingerprint density at radius 3 is 2.41 bits per heavy atom. The van der Waals surface area contributed by atoms with E-state index >= 15 is 0 Å². The van der Waals surface area contributed by atoms with Gasteiger partial charge in [0.25, 0.3) is 5.91 Å². The van der Waals surface area contributed by atoms with Gasteiger partial charge in [0.1, 0.15) is 5.75 Å². The van der Waals surface area contributed by atoms with Gasteiger partial charge < -0.3 is 10.1 Å². The Balaban J connectivity index is 1.47. The van der Waals surface area contributed by atoms with Gasteiger partial charge in [-0.05, 0) is 41.8 Å². The van der Waals surface area contributed by atoms with Crippen molar-refractivity contribution in [1.29, 1.82) is 0 Å². The zero-order chi connectivity index (χ0) is 22.6. The molecular formula is C24H23ClN2O4S. The number of para-hydroxylation sites is 2. The van der Waals surface area contributed by atoms with Crippen LogP contribution in [0.1, 0.15) is 11.1 Å². The van der Waals surface area contributed by atoms with Crippen molar-refractivity contribution in [3.63, 3.8) is 0 Å². The summed E-state index contributed by atoms with van der Waals surface area (Å²) in [7, 11) is -3.72. The lowest BCUT2D eigenvalue weighted by Crippen LogP contribution is -2.51. The standard InChI is InChI=1S/C24H23ClN2O4S/c25-20-12-10-18(11-13-20)14-15-26-24(28)23-16-27(21-8-4-5-9-22(21)31-23)32(29,30)17-19-6-2-1-3-7-19/h1-13,23H,14-17H2,(H,26,28). The highest BCUT2D eigenvalue weighted by Crippen LogP contribution is 2.35. The SMILES string of the molecule is O=C(NCCc1ccc(Cl)cc1)C1CN(S(=O)(=O)Cc2ccccc2)c2ccccc2O1. The highest BCUT2D eigenvalue weighted by Gasteiger charge is 2.36. The minimum absolute atomic E-state index is 0.0844. The maximum atomic E-state index is 13.2. The maximum Gasteiger partial charge on any atom is 0.263 e. The summed E-state index contributed by atoms with van der Waals surface area (Å²) in [4.78, 5) is 12.8. The van der Waals surface area contributed by atoms with Gasteiger partial charge in [-0.3, -0.25) is 9.10 Å². The summed E-state index contributed by atoms with van der Waals surface area (Å²) in [5, 5.41) is 3.51. The Morgan fingerprint density at radius 1 is 0.969 bits per heavy atom. The summed E-state index contributed by atoms with van der Waals surface area (Å²) in [6, 6.07) is 23.2. The number of amides is 1. The Bertz CT molecular complexity index is 1180. The van der Waals surface area contributed by atoms with Gasteiger partial charge in [-0.1, -0.05) is 66.2 Å². The Hall–Kier alpha value is -3.03. The number of nitrogens with one attached hydrogen (secondary N) is 1. The fraction of sp³-hybridized carbons (Fsp3) is 0.208. The molecule has 1 amide bonds. The van der Waals surface area contributed by atoms with Gasteiger partial charge >= 0.3 is 0 Å². The van der Waals surface area contributed by atoms with E-state index in [0.717, 1.165) is 5.56 Å². The number of hydrogen-bond acceptors (Lipinski definition) is 4. The van der Waals surface area contributed by atoms with E-state index in [1.807, 2.05) is 18.2 Å². The van der Waals surface area contributed by atoms with Crippen molar-refractivity contribution in [2.75, 3.05) is 17.4 Å². The number of carbonyl (C=O) groups excluding carboxylic acids is 1. The third-order valence-electron chi connectivity index (χ3n) is 5.18. The van der Waals surface area contributed by atoms with Crippen molar-refractivity contribution < 1.29 is 17.9 Å². The molecule has 3 aromatic rings. The molecule has 1 unspecified atom stereocenters. The van der Waals surface area contributed by atoms with E-state index < -0.39 is 16.1 Å². The first-order valence-electron chi connectivity index (χ1n) is 10.2. The third-order valence-corrected chi connectivity index (χ3v) is 7.15. The van der Waals surface area contributed by atoms with E-state index in [0.29, 0.717) is 35.0 Å². The Morgan fingerprint density at radius 2 is 1.66 bits per heavy atom. The summed E-state index contributed by atoms with van der Waals surface area (Å²) in [5.41, 5.74) is 2.16. The lowest BCUT2D eigenvalue weighted by atomic mass is 10.1. The van der Waals surface area contributed by atoms with E-state index in [9.17, 15) is 13.2 Å². The second-order valence-electron chi connectivity index (χ2n) is 7.51. The second kappa shape index (κ2) is 9.63. The van der Waals surface area contributed by atoms with Crippen molar-refractivity contribution in [2.45, 2.75) is 18.3 Å². The third kappa shape index (κ3) is 5.23. The summed E-state index contributed by atoms with van der Waals surface area (Å²) >= 11 is 5.90. The minimum atomic E-state index is -3.72. The fourth-order valence-electron chi connectivity index (χ4n) is 3.56. The van der Waals surface area contributed by atoms with Crippen LogP contribution < -0.4 is 14.4 Å². The number of rotatable bonds is 7. The van der Waals surface area contributed by atoms with Crippen molar-refractivity contribution in [3.05, 3.63) is 95.0 Å². The zero-order valence-corrected chi connectivity index (χ0v) is 18.9. The van der Waals surface area contributed by atoms with Crippen LogP contribution in [0.4, 0.5) is 5.69 Å². The van der Waals surface area contributed by atoms with E-state index in [1.165, 1.54) is 4.31 Å². The fourth-order valence-corrected chi connectivity index (χ4v) is 5.27. The molecule has 1 N–H and O–H groups in total. The van der Waals surface area contributed by atoms with Gasteiger partial charge in [0.05, 0.1) is 18.0 Å². The summed E-state index contributed by atoms with van der Waals surface area (Å²) < 4.78 is 33.6. The van der Waals surface area contributed by atoms with Crippen LogP contribution in [0.3, 0.4) is 0 Å². The molecule has 4 rings (SSSR count). The van der Waals surface area contributed by atoms with Gasteiger partial charge in [0, 0.05) is 11.6 Å².